The van der Waals surface area contributed by atoms with Crippen molar-refractivity contribution in [3.63, 3.8) is 0 Å². The SMILES string of the molecule is Cc1nc(CNC(=O)c2sccc2Cl)sc1C(=O)O. The van der Waals surface area contributed by atoms with Crippen molar-refractivity contribution < 1.29 is 14.7 Å². The molecule has 2 rings (SSSR count). The maximum Gasteiger partial charge on any atom is 0.347 e. The van der Waals surface area contributed by atoms with Crippen molar-refractivity contribution >= 4 is 46.2 Å². The van der Waals surface area contributed by atoms with E-state index in [4.69, 9.17) is 16.7 Å². The molecular formula is C11H9ClN2O3S2. The fourth-order valence-corrected chi connectivity index (χ4v) is 3.32. The number of aromatic nitrogens is 1. The maximum atomic E-state index is 11.8. The summed E-state index contributed by atoms with van der Waals surface area (Å²) in [5.41, 5.74) is 0.455. The zero-order valence-electron chi connectivity index (χ0n) is 9.77. The lowest BCUT2D eigenvalue weighted by Gasteiger charge is -2.00. The summed E-state index contributed by atoms with van der Waals surface area (Å²) in [4.78, 5) is 27.4. The molecule has 0 aliphatic heterocycles. The standard InChI is InChI=1S/C11H9ClN2O3S2/c1-5-8(11(16)17)19-7(14-5)4-13-10(15)9-6(12)2-3-18-9/h2-3H,4H2,1H3,(H,13,15)(H,16,17). The fraction of sp³-hybridized carbons (Fsp3) is 0.182. The molecule has 0 aliphatic carbocycles. The Bertz CT molecular complexity index is 636. The molecule has 19 heavy (non-hydrogen) atoms. The van der Waals surface area contributed by atoms with Crippen molar-refractivity contribution in [2.75, 3.05) is 0 Å². The number of aromatic carboxylic acids is 1. The second-order valence-electron chi connectivity index (χ2n) is 3.61. The first-order valence-electron chi connectivity index (χ1n) is 5.20. The Morgan fingerprint density at radius 2 is 2.21 bits per heavy atom. The summed E-state index contributed by atoms with van der Waals surface area (Å²) in [7, 11) is 0. The van der Waals surface area contributed by atoms with Crippen LogP contribution in [0.1, 0.15) is 30.0 Å². The van der Waals surface area contributed by atoms with Gasteiger partial charge >= 0.3 is 5.97 Å². The molecular weight excluding hydrogens is 308 g/mol. The molecule has 2 heterocycles. The van der Waals surface area contributed by atoms with Crippen LogP contribution in [0.25, 0.3) is 0 Å². The largest absolute Gasteiger partial charge is 0.477 e. The van der Waals surface area contributed by atoms with E-state index in [1.807, 2.05) is 0 Å². The van der Waals surface area contributed by atoms with Crippen LogP contribution in [0, 0.1) is 6.92 Å². The second-order valence-corrected chi connectivity index (χ2v) is 6.01. The van der Waals surface area contributed by atoms with E-state index in [0.29, 0.717) is 20.6 Å². The Hall–Kier alpha value is -1.44. The first kappa shape index (κ1) is 14.0. The highest BCUT2D eigenvalue weighted by Crippen LogP contribution is 2.22. The molecule has 5 nitrogen and oxygen atoms in total. The van der Waals surface area contributed by atoms with Gasteiger partial charge in [0.1, 0.15) is 14.8 Å². The van der Waals surface area contributed by atoms with Gasteiger partial charge < -0.3 is 10.4 Å². The Labute approximate surface area is 121 Å². The van der Waals surface area contributed by atoms with Gasteiger partial charge in [0.15, 0.2) is 0 Å². The third-order valence-electron chi connectivity index (χ3n) is 2.26. The number of hydrogen-bond donors (Lipinski definition) is 2. The number of carboxylic acid groups (broad SMARTS) is 1. The Morgan fingerprint density at radius 1 is 1.47 bits per heavy atom. The number of rotatable bonds is 4. The summed E-state index contributed by atoms with van der Waals surface area (Å²) in [6.07, 6.45) is 0. The van der Waals surface area contributed by atoms with E-state index in [1.165, 1.54) is 11.3 Å². The van der Waals surface area contributed by atoms with E-state index in [9.17, 15) is 9.59 Å². The molecule has 1 amide bonds. The zero-order chi connectivity index (χ0) is 14.0. The summed E-state index contributed by atoms with van der Waals surface area (Å²) in [5.74, 6) is -1.29. The van der Waals surface area contributed by atoms with Gasteiger partial charge in [-0.1, -0.05) is 11.6 Å². The first-order valence-corrected chi connectivity index (χ1v) is 7.27. The molecule has 0 fully saturated rings. The zero-order valence-corrected chi connectivity index (χ0v) is 12.2. The van der Waals surface area contributed by atoms with Crippen molar-refractivity contribution in [1.29, 1.82) is 0 Å². The summed E-state index contributed by atoms with van der Waals surface area (Å²) >= 11 is 8.15. The van der Waals surface area contributed by atoms with Crippen LogP contribution in [0.3, 0.4) is 0 Å². The van der Waals surface area contributed by atoms with Crippen molar-refractivity contribution in [3.8, 4) is 0 Å². The number of thiazole rings is 1. The summed E-state index contributed by atoms with van der Waals surface area (Å²) in [6, 6.07) is 1.65. The fourth-order valence-electron chi connectivity index (χ4n) is 1.42. The quantitative estimate of drug-likeness (QED) is 0.909. The highest BCUT2D eigenvalue weighted by Gasteiger charge is 2.16. The van der Waals surface area contributed by atoms with Gasteiger partial charge in [0.25, 0.3) is 5.91 Å². The number of hydrogen-bond acceptors (Lipinski definition) is 5. The molecule has 0 atom stereocenters. The Morgan fingerprint density at radius 3 is 2.74 bits per heavy atom. The first-order chi connectivity index (χ1) is 8.99. The van der Waals surface area contributed by atoms with Crippen LogP contribution in [0.4, 0.5) is 0 Å². The molecule has 0 saturated carbocycles. The predicted molar refractivity (Wildman–Crippen MR) is 74.3 cm³/mol. The van der Waals surface area contributed by atoms with E-state index in [0.717, 1.165) is 11.3 Å². The van der Waals surface area contributed by atoms with Crippen LogP contribution in [0.15, 0.2) is 11.4 Å². The summed E-state index contributed by atoms with van der Waals surface area (Å²) in [6.45, 7) is 1.81. The number of aryl methyl sites for hydroxylation is 1. The molecule has 0 spiro atoms. The summed E-state index contributed by atoms with van der Waals surface area (Å²) < 4.78 is 0. The maximum absolute atomic E-state index is 11.8. The molecule has 0 aliphatic rings. The monoisotopic (exact) mass is 316 g/mol. The minimum absolute atomic E-state index is 0.186. The molecule has 0 saturated heterocycles. The minimum Gasteiger partial charge on any atom is -0.477 e. The van der Waals surface area contributed by atoms with Crippen molar-refractivity contribution in [3.05, 3.63) is 36.9 Å². The lowest BCUT2D eigenvalue weighted by Crippen LogP contribution is -2.21. The molecule has 100 valence electrons. The highest BCUT2D eigenvalue weighted by molar-refractivity contribution is 7.13. The van der Waals surface area contributed by atoms with Gasteiger partial charge in [-0.15, -0.1) is 22.7 Å². The average molecular weight is 317 g/mol. The van der Waals surface area contributed by atoms with Crippen molar-refractivity contribution in [2.24, 2.45) is 0 Å². The van der Waals surface area contributed by atoms with Crippen LogP contribution in [-0.2, 0) is 6.54 Å². The van der Waals surface area contributed by atoms with Gasteiger partial charge in [0, 0.05) is 0 Å². The highest BCUT2D eigenvalue weighted by atomic mass is 35.5. The second kappa shape index (κ2) is 5.68. The lowest BCUT2D eigenvalue weighted by atomic mass is 10.4. The van der Waals surface area contributed by atoms with Gasteiger partial charge in [0.2, 0.25) is 0 Å². The third kappa shape index (κ3) is 3.12. The Balaban J connectivity index is 2.03. The molecule has 0 aromatic carbocycles. The molecule has 0 radical (unpaired) electrons. The number of carboxylic acids is 1. The van der Waals surface area contributed by atoms with Crippen molar-refractivity contribution in [2.45, 2.75) is 13.5 Å². The van der Waals surface area contributed by atoms with Crippen LogP contribution in [-0.4, -0.2) is 22.0 Å². The van der Waals surface area contributed by atoms with Gasteiger partial charge in [-0.2, -0.15) is 0 Å². The van der Waals surface area contributed by atoms with Crippen LogP contribution >= 0.6 is 34.3 Å². The molecule has 2 N–H and O–H groups in total. The average Bonchev–Trinajstić information content (AvgIpc) is 2.92. The predicted octanol–water partition coefficient (Wildman–Crippen LogP) is 2.79. The smallest absolute Gasteiger partial charge is 0.347 e. The van der Waals surface area contributed by atoms with Gasteiger partial charge in [-0.3, -0.25) is 4.79 Å². The van der Waals surface area contributed by atoms with Crippen molar-refractivity contribution in [1.82, 2.24) is 10.3 Å². The number of halogens is 1. The van der Waals surface area contributed by atoms with Gasteiger partial charge in [0.05, 0.1) is 17.3 Å². The number of nitrogens with one attached hydrogen (secondary N) is 1. The van der Waals surface area contributed by atoms with Crippen LogP contribution in [0.2, 0.25) is 5.02 Å². The lowest BCUT2D eigenvalue weighted by molar-refractivity contribution is 0.0701. The molecule has 2 aromatic rings. The van der Waals surface area contributed by atoms with Gasteiger partial charge in [-0.05, 0) is 18.4 Å². The number of thiophene rings is 1. The van der Waals surface area contributed by atoms with E-state index in [-0.39, 0.29) is 17.3 Å². The van der Waals surface area contributed by atoms with E-state index in [2.05, 4.69) is 10.3 Å². The van der Waals surface area contributed by atoms with E-state index >= 15 is 0 Å². The minimum atomic E-state index is -1.01. The van der Waals surface area contributed by atoms with E-state index < -0.39 is 5.97 Å². The van der Waals surface area contributed by atoms with Gasteiger partial charge in [-0.25, -0.2) is 9.78 Å². The number of carbonyl (C=O) groups excluding carboxylic acids is 1. The van der Waals surface area contributed by atoms with Crippen LogP contribution < -0.4 is 5.32 Å². The third-order valence-corrected chi connectivity index (χ3v) is 4.74. The molecule has 0 bridgehead atoms. The molecule has 2 aromatic heterocycles. The topological polar surface area (TPSA) is 79.3 Å². The molecule has 8 heteroatoms. The Kier molecular flexibility index (Phi) is 4.18. The number of amides is 1. The van der Waals surface area contributed by atoms with E-state index in [1.54, 1.807) is 18.4 Å². The number of nitrogens with zero attached hydrogens (tertiary/aromatic N) is 1. The summed E-state index contributed by atoms with van der Waals surface area (Å²) in [5, 5.41) is 14.3. The molecule has 0 unspecified atom stereocenters. The van der Waals surface area contributed by atoms with Crippen LogP contribution in [0.5, 0.6) is 0 Å². The normalized spacial score (nSPS) is 10.4. The number of carbonyl (C=O) groups is 2.